The van der Waals surface area contributed by atoms with E-state index in [1.807, 2.05) is 0 Å². The van der Waals surface area contributed by atoms with E-state index in [0.717, 1.165) is 17.8 Å². The fraction of sp³-hybridized carbons (Fsp3) is 0.0526. The van der Waals surface area contributed by atoms with Crippen molar-refractivity contribution in [2.75, 3.05) is 12.0 Å². The van der Waals surface area contributed by atoms with Crippen LogP contribution in [0.3, 0.4) is 0 Å². The highest BCUT2D eigenvalue weighted by atomic mass is 32.2. The van der Waals surface area contributed by atoms with E-state index in [1.54, 1.807) is 30.3 Å². The number of nitrogens with zero attached hydrogens (tertiary/aromatic N) is 3. The molecule has 0 bridgehead atoms. The maximum Gasteiger partial charge on any atom is 0.331 e. The Hall–Kier alpha value is -3.79. The fourth-order valence-corrected chi connectivity index (χ4v) is 3.34. The third-order valence-electron chi connectivity index (χ3n) is 3.79. The lowest BCUT2D eigenvalue weighted by Crippen LogP contribution is -2.29. The Morgan fingerprint density at radius 3 is 2.38 bits per heavy atom. The van der Waals surface area contributed by atoms with Crippen LogP contribution in [0.5, 0.6) is 0 Å². The molecule has 1 aliphatic heterocycles. The van der Waals surface area contributed by atoms with Gasteiger partial charge in [0.25, 0.3) is 17.5 Å². The molecular formula is C19H13N3O6S. The zero-order chi connectivity index (χ0) is 21.0. The zero-order valence-electron chi connectivity index (χ0n) is 15.0. The highest BCUT2D eigenvalue weighted by molar-refractivity contribution is 8.19. The number of amidine groups is 1. The molecule has 2 amide bonds. The molecule has 0 atom stereocenters. The number of non-ortho nitro benzene ring substituents is 1. The Bertz CT molecular complexity index is 1050. The van der Waals surface area contributed by atoms with Gasteiger partial charge in [-0.2, -0.15) is 4.99 Å². The van der Waals surface area contributed by atoms with E-state index in [4.69, 9.17) is 0 Å². The highest BCUT2D eigenvalue weighted by Gasteiger charge is 2.36. The number of hydrogen-bond donors (Lipinski definition) is 0. The number of para-hydroxylation sites is 1. The quantitative estimate of drug-likeness (QED) is 0.328. The van der Waals surface area contributed by atoms with Crippen molar-refractivity contribution >= 4 is 46.1 Å². The maximum absolute atomic E-state index is 12.8. The first-order valence-corrected chi connectivity index (χ1v) is 8.97. The summed E-state index contributed by atoms with van der Waals surface area (Å²) in [4.78, 5) is 52.3. The number of methoxy groups -OCH3 is 1. The number of rotatable bonds is 4. The monoisotopic (exact) mass is 411 g/mol. The Morgan fingerprint density at radius 1 is 1.14 bits per heavy atom. The van der Waals surface area contributed by atoms with Crippen molar-refractivity contribution in [2.45, 2.75) is 0 Å². The summed E-state index contributed by atoms with van der Waals surface area (Å²) in [6, 6.07) is 13.5. The van der Waals surface area contributed by atoms with Gasteiger partial charge in [0, 0.05) is 23.8 Å². The lowest BCUT2D eigenvalue weighted by atomic mass is 10.2. The average Bonchev–Trinajstić information content (AvgIpc) is 3.03. The van der Waals surface area contributed by atoms with Gasteiger partial charge < -0.3 is 4.74 Å². The van der Waals surface area contributed by atoms with Crippen molar-refractivity contribution in [1.29, 1.82) is 0 Å². The molecule has 29 heavy (non-hydrogen) atoms. The van der Waals surface area contributed by atoms with E-state index in [0.29, 0.717) is 5.69 Å². The van der Waals surface area contributed by atoms with Crippen molar-refractivity contribution in [3.8, 4) is 0 Å². The van der Waals surface area contributed by atoms with E-state index in [9.17, 15) is 24.5 Å². The van der Waals surface area contributed by atoms with Crippen LogP contribution >= 0.6 is 11.8 Å². The van der Waals surface area contributed by atoms with Gasteiger partial charge in [0.15, 0.2) is 5.17 Å². The van der Waals surface area contributed by atoms with Crippen LogP contribution in [0.4, 0.5) is 11.4 Å². The Kier molecular flexibility index (Phi) is 5.84. The third-order valence-corrected chi connectivity index (χ3v) is 4.76. The fourth-order valence-electron chi connectivity index (χ4n) is 2.40. The molecule has 0 aromatic heterocycles. The minimum absolute atomic E-state index is 0.0518. The first-order chi connectivity index (χ1) is 13.9. The van der Waals surface area contributed by atoms with Crippen molar-refractivity contribution in [1.82, 2.24) is 0 Å². The van der Waals surface area contributed by atoms with Gasteiger partial charge in [0.05, 0.1) is 22.6 Å². The van der Waals surface area contributed by atoms with E-state index < -0.39 is 22.7 Å². The highest BCUT2D eigenvalue weighted by Crippen LogP contribution is 2.35. The van der Waals surface area contributed by atoms with Crippen LogP contribution in [0.1, 0.15) is 10.4 Å². The van der Waals surface area contributed by atoms with Gasteiger partial charge in [0.1, 0.15) is 0 Å². The smallest absolute Gasteiger partial charge is 0.331 e. The van der Waals surface area contributed by atoms with Gasteiger partial charge in [0.2, 0.25) is 0 Å². The SMILES string of the molecule is COC(=O)C=C1SC(=NC(=O)c2ccc([N+](=O)[O-])cc2)N(c2ccccc2)C1=O. The molecule has 0 aliphatic carbocycles. The molecule has 0 unspecified atom stereocenters. The number of esters is 1. The first-order valence-electron chi connectivity index (χ1n) is 8.15. The number of carbonyl (C=O) groups is 3. The van der Waals surface area contributed by atoms with Crippen LogP contribution in [-0.4, -0.2) is 35.0 Å². The van der Waals surface area contributed by atoms with Crippen LogP contribution in [0.25, 0.3) is 0 Å². The van der Waals surface area contributed by atoms with Crippen LogP contribution in [-0.2, 0) is 14.3 Å². The van der Waals surface area contributed by atoms with Gasteiger partial charge in [-0.15, -0.1) is 0 Å². The number of benzene rings is 2. The van der Waals surface area contributed by atoms with E-state index in [-0.39, 0.29) is 21.3 Å². The lowest BCUT2D eigenvalue weighted by molar-refractivity contribution is -0.384. The van der Waals surface area contributed by atoms with Crippen molar-refractivity contribution < 1.29 is 24.0 Å². The summed E-state index contributed by atoms with van der Waals surface area (Å²) in [5.41, 5.74) is 0.428. The normalized spacial score (nSPS) is 16.3. The Morgan fingerprint density at radius 2 is 1.79 bits per heavy atom. The van der Waals surface area contributed by atoms with E-state index in [1.165, 1.54) is 36.3 Å². The summed E-state index contributed by atoms with van der Waals surface area (Å²) in [6.45, 7) is 0. The Balaban J connectivity index is 1.98. The topological polar surface area (TPSA) is 119 Å². The minimum atomic E-state index is -0.711. The van der Waals surface area contributed by atoms with Crippen LogP contribution < -0.4 is 4.90 Å². The minimum Gasteiger partial charge on any atom is -0.466 e. The van der Waals surface area contributed by atoms with Gasteiger partial charge in [-0.3, -0.25) is 24.6 Å². The second-order valence-electron chi connectivity index (χ2n) is 5.61. The number of carbonyl (C=O) groups excluding carboxylic acids is 3. The van der Waals surface area contributed by atoms with Gasteiger partial charge >= 0.3 is 5.97 Å². The molecular weight excluding hydrogens is 398 g/mol. The Labute approximate surface area is 168 Å². The predicted molar refractivity (Wildman–Crippen MR) is 106 cm³/mol. The summed E-state index contributed by atoms with van der Waals surface area (Å²) in [5.74, 6) is -1.92. The molecule has 1 saturated heterocycles. The number of anilines is 1. The second kappa shape index (κ2) is 8.48. The van der Waals surface area contributed by atoms with Crippen molar-refractivity contribution in [3.63, 3.8) is 0 Å². The molecule has 1 aliphatic rings. The molecule has 1 fully saturated rings. The largest absolute Gasteiger partial charge is 0.466 e. The first kappa shape index (κ1) is 20.0. The summed E-state index contributed by atoms with van der Waals surface area (Å²) in [7, 11) is 1.19. The van der Waals surface area contributed by atoms with Gasteiger partial charge in [-0.1, -0.05) is 18.2 Å². The summed E-state index contributed by atoms with van der Waals surface area (Å²) < 4.78 is 4.56. The van der Waals surface area contributed by atoms with Crippen LogP contribution in [0.2, 0.25) is 0 Å². The third kappa shape index (κ3) is 4.38. The molecule has 0 radical (unpaired) electrons. The average molecular weight is 411 g/mol. The maximum atomic E-state index is 12.8. The molecule has 0 N–H and O–H groups in total. The number of aliphatic imine (C=N–C) groups is 1. The van der Waals surface area contributed by atoms with Crippen molar-refractivity contribution in [3.05, 3.63) is 81.3 Å². The van der Waals surface area contributed by atoms with Gasteiger partial charge in [-0.05, 0) is 36.0 Å². The molecule has 3 rings (SSSR count). The molecule has 146 valence electrons. The number of amides is 2. The molecule has 2 aromatic carbocycles. The summed E-state index contributed by atoms with van der Waals surface area (Å²) in [5, 5.41) is 10.8. The zero-order valence-corrected chi connectivity index (χ0v) is 15.8. The lowest BCUT2D eigenvalue weighted by Gasteiger charge is -2.15. The van der Waals surface area contributed by atoms with E-state index >= 15 is 0 Å². The number of ether oxygens (including phenoxy) is 1. The molecule has 1 heterocycles. The van der Waals surface area contributed by atoms with Gasteiger partial charge in [-0.25, -0.2) is 4.79 Å². The molecule has 0 spiro atoms. The number of hydrogen-bond acceptors (Lipinski definition) is 7. The standard InChI is InChI=1S/C19H13N3O6S/c1-28-16(23)11-15-18(25)21(13-5-3-2-4-6-13)19(29-15)20-17(24)12-7-9-14(10-8-12)22(26)27/h2-11H,1H3. The number of nitro groups is 1. The number of nitro benzene ring substituents is 1. The molecule has 2 aromatic rings. The molecule has 9 nitrogen and oxygen atoms in total. The second-order valence-corrected chi connectivity index (χ2v) is 6.62. The molecule has 10 heteroatoms. The van der Waals surface area contributed by atoms with Crippen molar-refractivity contribution in [2.24, 2.45) is 4.99 Å². The van der Waals surface area contributed by atoms with Crippen LogP contribution in [0.15, 0.2) is 70.6 Å². The summed E-state index contributed by atoms with van der Waals surface area (Å²) >= 11 is 0.854. The molecule has 0 saturated carbocycles. The predicted octanol–water partition coefficient (Wildman–Crippen LogP) is 2.93. The van der Waals surface area contributed by atoms with E-state index in [2.05, 4.69) is 9.73 Å². The van der Waals surface area contributed by atoms with Crippen LogP contribution in [0, 0.1) is 10.1 Å². The number of thioether (sulfide) groups is 1. The summed E-state index contributed by atoms with van der Waals surface area (Å²) in [6.07, 6.45) is 1.03.